The van der Waals surface area contributed by atoms with Crippen molar-refractivity contribution in [3.05, 3.63) is 54.4 Å². The highest BCUT2D eigenvalue weighted by Crippen LogP contribution is 2.35. The highest BCUT2D eigenvalue weighted by atomic mass is 16.4. The van der Waals surface area contributed by atoms with Gasteiger partial charge in [-0.2, -0.15) is 4.98 Å². The average molecular weight is 376 g/mol. The minimum atomic E-state index is 0.0862. The van der Waals surface area contributed by atoms with Crippen molar-refractivity contribution >= 4 is 23.0 Å². The SMILES string of the molecule is O=C(C1CCN(c2nc3ccccc3o2)CC1)N1CCC[C@H]1c1ccncc1. The van der Waals surface area contributed by atoms with E-state index < -0.39 is 0 Å². The van der Waals surface area contributed by atoms with E-state index in [0.717, 1.165) is 56.4 Å². The summed E-state index contributed by atoms with van der Waals surface area (Å²) in [6, 6.07) is 12.8. The van der Waals surface area contributed by atoms with Gasteiger partial charge in [0.2, 0.25) is 5.91 Å². The summed E-state index contributed by atoms with van der Waals surface area (Å²) in [6.07, 6.45) is 7.43. The van der Waals surface area contributed by atoms with Crippen LogP contribution in [0.2, 0.25) is 0 Å². The van der Waals surface area contributed by atoms with Crippen LogP contribution >= 0.6 is 0 Å². The van der Waals surface area contributed by atoms with Gasteiger partial charge in [0.15, 0.2) is 5.58 Å². The maximum absolute atomic E-state index is 13.2. The minimum Gasteiger partial charge on any atom is -0.423 e. The zero-order valence-corrected chi connectivity index (χ0v) is 15.8. The van der Waals surface area contributed by atoms with Gasteiger partial charge < -0.3 is 14.2 Å². The molecule has 0 saturated carbocycles. The summed E-state index contributed by atoms with van der Waals surface area (Å²) < 4.78 is 5.89. The predicted molar refractivity (Wildman–Crippen MR) is 107 cm³/mol. The standard InChI is InChI=1S/C22H24N4O2/c27-21(26-13-3-5-19(26)16-7-11-23-12-8-16)17-9-14-25(15-10-17)22-24-18-4-1-2-6-20(18)28-22/h1-2,4,6-8,11-12,17,19H,3,5,9-10,13-15H2/t19-/m0/s1. The molecule has 3 aromatic rings. The van der Waals surface area contributed by atoms with Gasteiger partial charge in [0.05, 0.1) is 6.04 Å². The largest absolute Gasteiger partial charge is 0.423 e. The van der Waals surface area contributed by atoms with Crippen molar-refractivity contribution in [1.29, 1.82) is 0 Å². The molecule has 1 aromatic carbocycles. The molecule has 0 N–H and O–H groups in total. The van der Waals surface area contributed by atoms with Crippen LogP contribution in [-0.2, 0) is 4.79 Å². The molecule has 28 heavy (non-hydrogen) atoms. The predicted octanol–water partition coefficient (Wildman–Crippen LogP) is 3.80. The lowest BCUT2D eigenvalue weighted by atomic mass is 9.94. The molecule has 144 valence electrons. The van der Waals surface area contributed by atoms with Gasteiger partial charge in [-0.3, -0.25) is 9.78 Å². The van der Waals surface area contributed by atoms with E-state index in [0.29, 0.717) is 11.9 Å². The van der Waals surface area contributed by atoms with Gasteiger partial charge in [0.25, 0.3) is 6.01 Å². The molecule has 0 spiro atoms. The lowest BCUT2D eigenvalue weighted by Gasteiger charge is -2.34. The maximum Gasteiger partial charge on any atom is 0.298 e. The normalized spacial score (nSPS) is 20.8. The number of piperidine rings is 1. The maximum atomic E-state index is 13.2. The number of carbonyl (C=O) groups excluding carboxylic acids is 1. The zero-order chi connectivity index (χ0) is 18.9. The van der Waals surface area contributed by atoms with Gasteiger partial charge in [-0.1, -0.05) is 12.1 Å². The summed E-state index contributed by atoms with van der Waals surface area (Å²) in [6.45, 7) is 2.46. The van der Waals surface area contributed by atoms with Crippen LogP contribution in [0.3, 0.4) is 0 Å². The lowest BCUT2D eigenvalue weighted by Crippen LogP contribution is -2.42. The fraction of sp³-hybridized carbons (Fsp3) is 0.409. The molecule has 2 saturated heterocycles. The number of hydrogen-bond donors (Lipinski definition) is 0. The third-order valence-electron chi connectivity index (χ3n) is 6.02. The second-order valence-corrected chi connectivity index (χ2v) is 7.70. The molecular formula is C22H24N4O2. The van der Waals surface area contributed by atoms with E-state index in [-0.39, 0.29) is 12.0 Å². The molecule has 2 aliphatic rings. The van der Waals surface area contributed by atoms with Gasteiger partial charge >= 0.3 is 0 Å². The first kappa shape index (κ1) is 17.2. The van der Waals surface area contributed by atoms with E-state index in [4.69, 9.17) is 4.42 Å². The first-order valence-corrected chi connectivity index (χ1v) is 10.1. The summed E-state index contributed by atoms with van der Waals surface area (Å²) in [4.78, 5) is 26.2. The second-order valence-electron chi connectivity index (χ2n) is 7.70. The number of aromatic nitrogens is 2. The molecule has 0 aliphatic carbocycles. The van der Waals surface area contributed by atoms with Gasteiger partial charge in [-0.15, -0.1) is 0 Å². The summed E-state index contributed by atoms with van der Waals surface area (Å²) in [5.74, 6) is 0.389. The van der Waals surface area contributed by atoms with Crippen LogP contribution in [0.25, 0.3) is 11.1 Å². The summed E-state index contributed by atoms with van der Waals surface area (Å²) in [5.41, 5.74) is 2.89. The van der Waals surface area contributed by atoms with E-state index >= 15 is 0 Å². The van der Waals surface area contributed by atoms with Gasteiger partial charge in [0.1, 0.15) is 5.52 Å². The van der Waals surface area contributed by atoms with Crippen LogP contribution in [0.1, 0.15) is 37.3 Å². The van der Waals surface area contributed by atoms with E-state index in [2.05, 4.69) is 19.8 Å². The Kier molecular flexibility index (Phi) is 4.47. The Morgan fingerprint density at radius 3 is 2.57 bits per heavy atom. The molecule has 0 radical (unpaired) electrons. The molecule has 2 fully saturated rings. The molecule has 4 heterocycles. The van der Waals surface area contributed by atoms with Gasteiger partial charge in [0, 0.05) is 37.9 Å². The highest BCUT2D eigenvalue weighted by molar-refractivity contribution is 5.80. The Morgan fingerprint density at radius 2 is 1.79 bits per heavy atom. The molecule has 1 amide bonds. The first-order chi connectivity index (χ1) is 13.8. The molecule has 2 aliphatic heterocycles. The molecule has 1 atom stereocenters. The zero-order valence-electron chi connectivity index (χ0n) is 15.8. The Morgan fingerprint density at radius 1 is 1.00 bits per heavy atom. The number of hydrogen-bond acceptors (Lipinski definition) is 5. The Hall–Kier alpha value is -2.89. The van der Waals surface area contributed by atoms with Crippen LogP contribution in [0.15, 0.2) is 53.2 Å². The highest BCUT2D eigenvalue weighted by Gasteiger charge is 2.35. The molecule has 0 bridgehead atoms. The third-order valence-corrected chi connectivity index (χ3v) is 6.02. The fourth-order valence-electron chi connectivity index (χ4n) is 4.51. The molecule has 2 aromatic heterocycles. The number of likely N-dealkylation sites (tertiary alicyclic amines) is 1. The number of fused-ring (bicyclic) bond motifs is 1. The smallest absolute Gasteiger partial charge is 0.298 e. The quantitative estimate of drug-likeness (QED) is 0.696. The lowest BCUT2D eigenvalue weighted by molar-refractivity contribution is -0.137. The van der Waals surface area contributed by atoms with Crippen LogP contribution in [-0.4, -0.2) is 40.4 Å². The molecule has 0 unspecified atom stereocenters. The monoisotopic (exact) mass is 376 g/mol. The van der Waals surface area contributed by atoms with Crippen LogP contribution in [0.4, 0.5) is 6.01 Å². The fourth-order valence-corrected chi connectivity index (χ4v) is 4.51. The van der Waals surface area contributed by atoms with E-state index in [1.807, 2.05) is 48.8 Å². The van der Waals surface area contributed by atoms with Crippen molar-refractivity contribution in [3.63, 3.8) is 0 Å². The Bertz CT molecular complexity index is 930. The van der Waals surface area contributed by atoms with E-state index in [9.17, 15) is 4.79 Å². The van der Waals surface area contributed by atoms with Gasteiger partial charge in [-0.05, 0) is 55.5 Å². The van der Waals surface area contributed by atoms with Crippen molar-refractivity contribution in [1.82, 2.24) is 14.9 Å². The van der Waals surface area contributed by atoms with E-state index in [1.54, 1.807) is 0 Å². The third kappa shape index (κ3) is 3.13. The topological polar surface area (TPSA) is 62.5 Å². The van der Waals surface area contributed by atoms with E-state index in [1.165, 1.54) is 5.56 Å². The molecular weight excluding hydrogens is 352 g/mol. The van der Waals surface area contributed by atoms with Crippen molar-refractivity contribution in [2.75, 3.05) is 24.5 Å². The minimum absolute atomic E-state index is 0.0862. The number of oxazole rings is 1. The van der Waals surface area contributed by atoms with Gasteiger partial charge in [-0.25, -0.2) is 0 Å². The Balaban J connectivity index is 1.25. The summed E-state index contributed by atoms with van der Waals surface area (Å²) >= 11 is 0. The Labute approximate surface area is 164 Å². The number of para-hydroxylation sites is 2. The van der Waals surface area contributed by atoms with Crippen LogP contribution < -0.4 is 4.90 Å². The van der Waals surface area contributed by atoms with Crippen molar-refractivity contribution in [2.24, 2.45) is 5.92 Å². The van der Waals surface area contributed by atoms with Crippen molar-refractivity contribution < 1.29 is 9.21 Å². The van der Waals surface area contributed by atoms with Crippen LogP contribution in [0, 0.1) is 5.92 Å². The number of carbonyl (C=O) groups is 1. The number of anilines is 1. The first-order valence-electron chi connectivity index (χ1n) is 10.1. The van der Waals surface area contributed by atoms with Crippen LogP contribution in [0.5, 0.6) is 0 Å². The molecule has 6 heteroatoms. The summed E-state index contributed by atoms with van der Waals surface area (Å²) in [5, 5.41) is 0. The number of rotatable bonds is 3. The number of amides is 1. The van der Waals surface area contributed by atoms with Crippen molar-refractivity contribution in [2.45, 2.75) is 31.7 Å². The average Bonchev–Trinajstić information content (AvgIpc) is 3.41. The second kappa shape index (κ2) is 7.26. The number of pyridine rings is 1. The number of benzene rings is 1. The molecule has 6 nitrogen and oxygen atoms in total. The number of nitrogens with zero attached hydrogens (tertiary/aromatic N) is 4. The molecule has 5 rings (SSSR count). The van der Waals surface area contributed by atoms with Crippen molar-refractivity contribution in [3.8, 4) is 0 Å². The summed E-state index contributed by atoms with van der Waals surface area (Å²) in [7, 11) is 0.